The van der Waals surface area contributed by atoms with Crippen molar-refractivity contribution in [3.05, 3.63) is 34.4 Å². The summed E-state index contributed by atoms with van der Waals surface area (Å²) in [5, 5.41) is 9.11. The van der Waals surface area contributed by atoms with Crippen LogP contribution in [0, 0.1) is 6.92 Å². The number of hydrogen-bond acceptors (Lipinski definition) is 2. The van der Waals surface area contributed by atoms with E-state index in [4.69, 9.17) is 21.4 Å². The lowest BCUT2D eigenvalue weighted by Gasteiger charge is -2.07. The summed E-state index contributed by atoms with van der Waals surface area (Å²) in [5.41, 5.74) is 1.57. The average molecular weight is 227 g/mol. The van der Waals surface area contributed by atoms with E-state index in [1.807, 2.05) is 6.92 Å². The molecule has 0 aliphatic rings. The van der Waals surface area contributed by atoms with Gasteiger partial charge in [0, 0.05) is 16.7 Å². The summed E-state index contributed by atoms with van der Waals surface area (Å²) in [6, 6.07) is 3.44. The molecule has 1 N–H and O–H groups in total. The highest BCUT2D eigenvalue weighted by molar-refractivity contribution is 6.31. The molecule has 0 aliphatic carbocycles. The summed E-state index contributed by atoms with van der Waals surface area (Å²) in [6.45, 7) is 1.85. The Morgan fingerprint density at radius 3 is 2.73 bits per heavy atom. The number of carboxylic acids is 1. The summed E-state index contributed by atoms with van der Waals surface area (Å²) in [5.74, 6) is -0.437. The van der Waals surface area contributed by atoms with Gasteiger partial charge in [0.2, 0.25) is 0 Å². The first-order chi connectivity index (χ1) is 7.04. The molecule has 0 saturated carbocycles. The van der Waals surface area contributed by atoms with E-state index in [9.17, 15) is 4.79 Å². The van der Waals surface area contributed by atoms with Crippen LogP contribution in [0.25, 0.3) is 6.08 Å². The predicted octanol–water partition coefficient (Wildman–Crippen LogP) is 2.75. The number of rotatable bonds is 3. The van der Waals surface area contributed by atoms with Gasteiger partial charge in [-0.05, 0) is 30.7 Å². The molecule has 0 amide bonds. The van der Waals surface area contributed by atoms with E-state index in [0.717, 1.165) is 11.6 Å². The third-order valence-electron chi connectivity index (χ3n) is 1.92. The molecule has 0 spiro atoms. The van der Waals surface area contributed by atoms with Gasteiger partial charge in [-0.3, -0.25) is 0 Å². The predicted molar refractivity (Wildman–Crippen MR) is 59.4 cm³/mol. The van der Waals surface area contributed by atoms with Gasteiger partial charge >= 0.3 is 5.97 Å². The van der Waals surface area contributed by atoms with Crippen molar-refractivity contribution in [3.8, 4) is 5.75 Å². The first kappa shape index (κ1) is 11.6. The molecule has 0 saturated heterocycles. The maximum Gasteiger partial charge on any atom is 0.328 e. The van der Waals surface area contributed by atoms with Crippen molar-refractivity contribution >= 4 is 23.6 Å². The maximum atomic E-state index is 10.4. The second kappa shape index (κ2) is 4.84. The molecule has 0 radical (unpaired) electrons. The Hall–Kier alpha value is -1.48. The third kappa shape index (κ3) is 2.99. The molecule has 0 aromatic heterocycles. The molecule has 0 unspecified atom stereocenters. The van der Waals surface area contributed by atoms with Crippen LogP contribution in [-0.2, 0) is 4.79 Å². The first-order valence-corrected chi connectivity index (χ1v) is 4.67. The molecule has 0 aliphatic heterocycles. The Labute approximate surface area is 92.9 Å². The number of carboxylic acid groups (broad SMARTS) is 1. The normalized spacial score (nSPS) is 10.6. The average Bonchev–Trinajstić information content (AvgIpc) is 2.19. The number of carbonyl (C=O) groups is 1. The summed E-state index contributed by atoms with van der Waals surface area (Å²) >= 11 is 5.91. The largest absolute Gasteiger partial charge is 0.496 e. The number of aliphatic carboxylic acids is 1. The van der Waals surface area contributed by atoms with E-state index in [1.165, 1.54) is 13.2 Å². The first-order valence-electron chi connectivity index (χ1n) is 4.29. The zero-order chi connectivity index (χ0) is 11.4. The van der Waals surface area contributed by atoms with Crippen molar-refractivity contribution in [2.75, 3.05) is 7.11 Å². The molecule has 1 aromatic rings. The van der Waals surface area contributed by atoms with Gasteiger partial charge in [0.1, 0.15) is 5.75 Å². The van der Waals surface area contributed by atoms with Crippen LogP contribution in [0.1, 0.15) is 11.1 Å². The lowest BCUT2D eigenvalue weighted by Crippen LogP contribution is -1.91. The monoisotopic (exact) mass is 226 g/mol. The zero-order valence-corrected chi connectivity index (χ0v) is 9.21. The molecule has 80 valence electrons. The molecule has 3 nitrogen and oxygen atoms in total. The van der Waals surface area contributed by atoms with Gasteiger partial charge in [0.25, 0.3) is 0 Å². The lowest BCUT2D eigenvalue weighted by atomic mass is 10.1. The molecule has 4 heteroatoms. The van der Waals surface area contributed by atoms with E-state index in [0.29, 0.717) is 16.3 Å². The molecule has 0 bridgehead atoms. The summed E-state index contributed by atoms with van der Waals surface area (Å²) < 4.78 is 5.08. The van der Waals surface area contributed by atoms with Crippen LogP contribution in [0.15, 0.2) is 18.2 Å². The summed E-state index contributed by atoms with van der Waals surface area (Å²) in [6.07, 6.45) is 2.54. The maximum absolute atomic E-state index is 10.4. The van der Waals surface area contributed by atoms with Gasteiger partial charge in [-0.1, -0.05) is 11.6 Å². The SMILES string of the molecule is COc1cc(Cl)c(C)cc1/C=C/C(=O)O. The number of benzene rings is 1. The fourth-order valence-corrected chi connectivity index (χ4v) is 1.31. The van der Waals surface area contributed by atoms with Gasteiger partial charge < -0.3 is 9.84 Å². The molecule has 1 rings (SSSR count). The van der Waals surface area contributed by atoms with Crippen molar-refractivity contribution in [2.45, 2.75) is 6.92 Å². The number of methoxy groups -OCH3 is 1. The van der Waals surface area contributed by atoms with Crippen molar-refractivity contribution in [2.24, 2.45) is 0 Å². The molecule has 0 heterocycles. The number of hydrogen-bond donors (Lipinski definition) is 1. The summed E-state index contributed by atoms with van der Waals surface area (Å²) in [4.78, 5) is 10.4. The van der Waals surface area contributed by atoms with Crippen LogP contribution >= 0.6 is 11.6 Å². The fraction of sp³-hybridized carbons (Fsp3) is 0.182. The molecular formula is C11H11ClO3. The number of aryl methyl sites for hydroxylation is 1. The van der Waals surface area contributed by atoms with Crippen molar-refractivity contribution in [3.63, 3.8) is 0 Å². The number of halogens is 1. The standard InChI is InChI=1S/C11H11ClO3/c1-7-5-8(3-4-11(13)14)10(15-2)6-9(7)12/h3-6H,1-2H3,(H,13,14)/b4-3+. The Kier molecular flexibility index (Phi) is 3.74. The van der Waals surface area contributed by atoms with Crippen molar-refractivity contribution in [1.82, 2.24) is 0 Å². The van der Waals surface area contributed by atoms with E-state index >= 15 is 0 Å². The highest BCUT2D eigenvalue weighted by Crippen LogP contribution is 2.27. The Morgan fingerprint density at radius 1 is 1.53 bits per heavy atom. The van der Waals surface area contributed by atoms with Gasteiger partial charge in [-0.15, -0.1) is 0 Å². The Morgan fingerprint density at radius 2 is 2.20 bits per heavy atom. The van der Waals surface area contributed by atoms with Crippen LogP contribution in [0.2, 0.25) is 5.02 Å². The lowest BCUT2D eigenvalue weighted by molar-refractivity contribution is -0.131. The Bertz CT molecular complexity index is 411. The molecule has 1 aromatic carbocycles. The quantitative estimate of drug-likeness (QED) is 0.807. The minimum absolute atomic E-state index is 0.558. The van der Waals surface area contributed by atoms with Gasteiger partial charge in [0.15, 0.2) is 0 Å². The van der Waals surface area contributed by atoms with Crippen molar-refractivity contribution in [1.29, 1.82) is 0 Å². The van der Waals surface area contributed by atoms with Crippen LogP contribution in [0.4, 0.5) is 0 Å². The second-order valence-electron chi connectivity index (χ2n) is 3.01. The van der Waals surface area contributed by atoms with Crippen LogP contribution in [-0.4, -0.2) is 18.2 Å². The minimum Gasteiger partial charge on any atom is -0.496 e. The molecule has 0 atom stereocenters. The van der Waals surface area contributed by atoms with Gasteiger partial charge in [0.05, 0.1) is 7.11 Å². The number of ether oxygens (including phenoxy) is 1. The Balaban J connectivity index is 3.16. The fourth-order valence-electron chi connectivity index (χ4n) is 1.15. The zero-order valence-electron chi connectivity index (χ0n) is 8.45. The smallest absolute Gasteiger partial charge is 0.328 e. The highest BCUT2D eigenvalue weighted by Gasteiger charge is 2.04. The van der Waals surface area contributed by atoms with E-state index < -0.39 is 5.97 Å². The van der Waals surface area contributed by atoms with Crippen LogP contribution in [0.5, 0.6) is 5.75 Å². The van der Waals surface area contributed by atoms with Gasteiger partial charge in [-0.2, -0.15) is 0 Å². The molecule has 15 heavy (non-hydrogen) atoms. The third-order valence-corrected chi connectivity index (χ3v) is 2.32. The van der Waals surface area contributed by atoms with Crippen LogP contribution in [0.3, 0.4) is 0 Å². The van der Waals surface area contributed by atoms with E-state index in [1.54, 1.807) is 12.1 Å². The highest BCUT2D eigenvalue weighted by atomic mass is 35.5. The topological polar surface area (TPSA) is 46.5 Å². The second-order valence-corrected chi connectivity index (χ2v) is 3.42. The summed E-state index contributed by atoms with van der Waals surface area (Å²) in [7, 11) is 1.51. The van der Waals surface area contributed by atoms with E-state index in [2.05, 4.69) is 0 Å². The minimum atomic E-state index is -0.996. The van der Waals surface area contributed by atoms with E-state index in [-0.39, 0.29) is 0 Å². The van der Waals surface area contributed by atoms with Crippen molar-refractivity contribution < 1.29 is 14.6 Å². The molecule has 0 fully saturated rings. The van der Waals surface area contributed by atoms with Crippen LogP contribution < -0.4 is 4.74 Å². The molecular weight excluding hydrogens is 216 g/mol. The van der Waals surface area contributed by atoms with Gasteiger partial charge in [-0.25, -0.2) is 4.79 Å².